The second kappa shape index (κ2) is 6.54. The summed E-state index contributed by atoms with van der Waals surface area (Å²) in [6.07, 6.45) is 0. The Morgan fingerprint density at radius 2 is 1.92 bits per heavy atom. The molecule has 0 unspecified atom stereocenters. The van der Waals surface area contributed by atoms with Gasteiger partial charge in [0.1, 0.15) is 0 Å². The van der Waals surface area contributed by atoms with Crippen molar-refractivity contribution in [1.29, 1.82) is 0 Å². The minimum absolute atomic E-state index is 0.0387. The topological polar surface area (TPSA) is 80.5 Å². The first-order valence-corrected chi connectivity index (χ1v) is 9.83. The summed E-state index contributed by atoms with van der Waals surface area (Å²) in [6.45, 7) is 1.97. The van der Waals surface area contributed by atoms with Gasteiger partial charge < -0.3 is 0 Å². The first kappa shape index (κ1) is 16.9. The fourth-order valence-corrected chi connectivity index (χ4v) is 5.92. The monoisotopic (exact) mass is 364 g/mol. The quantitative estimate of drug-likeness (QED) is 0.614. The molecule has 0 radical (unpaired) electrons. The highest BCUT2D eigenvalue weighted by Gasteiger charge is 2.37. The molecule has 2 aromatic rings. The predicted molar refractivity (Wildman–Crippen MR) is 93.4 cm³/mol. The third kappa shape index (κ3) is 3.04. The first-order valence-electron chi connectivity index (χ1n) is 7.34. The fraction of sp³-hybridized carbons (Fsp3) is 0.250. The highest BCUT2D eigenvalue weighted by atomic mass is 32.2. The number of rotatable bonds is 4. The van der Waals surface area contributed by atoms with E-state index in [2.05, 4.69) is 0 Å². The van der Waals surface area contributed by atoms with Crippen LogP contribution in [0, 0.1) is 17.0 Å². The lowest BCUT2D eigenvalue weighted by Crippen LogP contribution is -2.30. The molecule has 1 heterocycles. The molecule has 24 heavy (non-hydrogen) atoms. The van der Waals surface area contributed by atoms with E-state index in [1.54, 1.807) is 18.7 Å². The van der Waals surface area contributed by atoms with Crippen molar-refractivity contribution in [3.63, 3.8) is 0 Å². The molecule has 8 heteroatoms. The third-order valence-corrected chi connectivity index (χ3v) is 7.17. The average molecular weight is 364 g/mol. The van der Waals surface area contributed by atoms with Crippen molar-refractivity contribution >= 4 is 27.5 Å². The molecular weight excluding hydrogens is 348 g/mol. The zero-order valence-corrected chi connectivity index (χ0v) is 14.6. The highest BCUT2D eigenvalue weighted by molar-refractivity contribution is 8.01. The molecule has 0 aromatic heterocycles. The van der Waals surface area contributed by atoms with Crippen LogP contribution >= 0.6 is 11.8 Å². The number of thioether (sulfide) groups is 1. The molecule has 0 aliphatic carbocycles. The Morgan fingerprint density at radius 1 is 1.21 bits per heavy atom. The van der Waals surface area contributed by atoms with Crippen LogP contribution in [0.1, 0.15) is 16.5 Å². The van der Waals surface area contributed by atoms with E-state index in [0.29, 0.717) is 17.9 Å². The molecule has 126 valence electrons. The van der Waals surface area contributed by atoms with Crippen molar-refractivity contribution in [3.8, 4) is 0 Å². The van der Waals surface area contributed by atoms with Crippen LogP contribution in [0.5, 0.6) is 0 Å². The van der Waals surface area contributed by atoms with Gasteiger partial charge in [0, 0.05) is 23.9 Å². The van der Waals surface area contributed by atoms with E-state index in [0.717, 1.165) is 11.6 Å². The van der Waals surface area contributed by atoms with Crippen LogP contribution in [-0.4, -0.2) is 29.9 Å². The van der Waals surface area contributed by atoms with Crippen LogP contribution < -0.4 is 0 Å². The van der Waals surface area contributed by atoms with Crippen molar-refractivity contribution in [2.45, 2.75) is 17.2 Å². The van der Waals surface area contributed by atoms with Crippen LogP contribution in [-0.2, 0) is 10.0 Å². The van der Waals surface area contributed by atoms with Crippen molar-refractivity contribution in [2.75, 3.05) is 12.3 Å². The van der Waals surface area contributed by atoms with E-state index in [1.165, 1.54) is 16.4 Å². The predicted octanol–water partition coefficient (Wildman–Crippen LogP) is 3.34. The maximum Gasteiger partial charge on any atom is 0.273 e. The standard InChI is InChI=1S/C16H16N2O4S2/c1-12-7-8-14(11-15(12)18(19)20)24(21,22)17-9-10-23-16(17)13-5-3-2-4-6-13/h2-8,11,16H,9-10H2,1H3/t16-/m0/s1. The Morgan fingerprint density at radius 3 is 2.58 bits per heavy atom. The van der Waals surface area contributed by atoms with Crippen LogP contribution in [0.4, 0.5) is 5.69 Å². The lowest BCUT2D eigenvalue weighted by molar-refractivity contribution is -0.385. The molecule has 0 saturated carbocycles. The van der Waals surface area contributed by atoms with E-state index in [4.69, 9.17) is 0 Å². The van der Waals surface area contributed by atoms with Gasteiger partial charge in [-0.2, -0.15) is 4.31 Å². The summed E-state index contributed by atoms with van der Waals surface area (Å²) in [5, 5.41) is 10.8. The van der Waals surface area contributed by atoms with Crippen LogP contribution in [0.15, 0.2) is 53.4 Å². The summed E-state index contributed by atoms with van der Waals surface area (Å²) in [4.78, 5) is 10.5. The molecule has 1 atom stereocenters. The summed E-state index contributed by atoms with van der Waals surface area (Å²) in [6, 6.07) is 13.5. The minimum atomic E-state index is -3.80. The second-order valence-corrected chi connectivity index (χ2v) is 8.53. The fourth-order valence-electron chi connectivity index (χ4n) is 2.66. The average Bonchev–Trinajstić information content (AvgIpc) is 3.06. The van der Waals surface area contributed by atoms with E-state index in [9.17, 15) is 18.5 Å². The van der Waals surface area contributed by atoms with Crippen molar-refractivity contribution < 1.29 is 13.3 Å². The Balaban J connectivity index is 2.01. The van der Waals surface area contributed by atoms with E-state index in [1.807, 2.05) is 30.3 Å². The Labute approximate surface area is 144 Å². The second-order valence-electron chi connectivity index (χ2n) is 5.45. The number of nitro benzene ring substituents is 1. The molecule has 0 bridgehead atoms. The van der Waals surface area contributed by atoms with Gasteiger partial charge in [0.05, 0.1) is 15.2 Å². The smallest absolute Gasteiger partial charge is 0.258 e. The number of nitrogens with zero attached hydrogens (tertiary/aromatic N) is 2. The number of nitro groups is 1. The lowest BCUT2D eigenvalue weighted by atomic mass is 10.2. The van der Waals surface area contributed by atoms with Crippen LogP contribution in [0.2, 0.25) is 0 Å². The zero-order valence-electron chi connectivity index (χ0n) is 13.0. The van der Waals surface area contributed by atoms with Gasteiger partial charge in [0.2, 0.25) is 10.0 Å². The molecule has 3 rings (SSSR count). The summed E-state index contributed by atoms with van der Waals surface area (Å²) in [5.74, 6) is 0.687. The number of aryl methyl sites for hydroxylation is 1. The normalized spacial score (nSPS) is 18.6. The van der Waals surface area contributed by atoms with Crippen molar-refractivity contribution in [1.82, 2.24) is 4.31 Å². The highest BCUT2D eigenvalue weighted by Crippen LogP contribution is 2.41. The van der Waals surface area contributed by atoms with Crippen molar-refractivity contribution in [3.05, 3.63) is 69.8 Å². The molecular formula is C16H16N2O4S2. The van der Waals surface area contributed by atoms with Gasteiger partial charge in [-0.15, -0.1) is 11.8 Å². The largest absolute Gasteiger partial charge is 0.273 e. The molecule has 2 aromatic carbocycles. The molecule has 6 nitrogen and oxygen atoms in total. The van der Waals surface area contributed by atoms with Gasteiger partial charge in [-0.25, -0.2) is 8.42 Å². The Bertz CT molecular complexity index is 869. The van der Waals surface area contributed by atoms with Gasteiger partial charge in [0.25, 0.3) is 5.69 Å². The number of hydrogen-bond acceptors (Lipinski definition) is 5. The Hall–Kier alpha value is -1.90. The van der Waals surface area contributed by atoms with Gasteiger partial charge in [0.15, 0.2) is 0 Å². The minimum Gasteiger partial charge on any atom is -0.258 e. The molecule has 1 aliphatic rings. The van der Waals surface area contributed by atoms with Gasteiger partial charge >= 0.3 is 0 Å². The van der Waals surface area contributed by atoms with Crippen LogP contribution in [0.25, 0.3) is 0 Å². The SMILES string of the molecule is Cc1ccc(S(=O)(=O)N2CCS[C@H]2c2ccccc2)cc1[N+](=O)[O-]. The first-order chi connectivity index (χ1) is 11.4. The van der Waals surface area contributed by atoms with E-state index in [-0.39, 0.29) is 16.0 Å². The van der Waals surface area contributed by atoms with Crippen molar-refractivity contribution in [2.24, 2.45) is 0 Å². The molecule has 1 saturated heterocycles. The van der Waals surface area contributed by atoms with E-state index < -0.39 is 14.9 Å². The summed E-state index contributed by atoms with van der Waals surface area (Å²) < 4.78 is 27.4. The zero-order chi connectivity index (χ0) is 17.3. The van der Waals surface area contributed by atoms with Gasteiger partial charge in [-0.1, -0.05) is 36.4 Å². The van der Waals surface area contributed by atoms with E-state index >= 15 is 0 Å². The molecule has 0 amide bonds. The van der Waals surface area contributed by atoms with Crippen LogP contribution in [0.3, 0.4) is 0 Å². The molecule has 0 spiro atoms. The summed E-state index contributed by atoms with van der Waals surface area (Å²) in [7, 11) is -3.80. The summed E-state index contributed by atoms with van der Waals surface area (Å²) in [5.41, 5.74) is 1.17. The molecule has 1 aliphatic heterocycles. The number of hydrogen-bond donors (Lipinski definition) is 0. The van der Waals surface area contributed by atoms with Gasteiger partial charge in [-0.3, -0.25) is 10.1 Å². The Kier molecular flexibility index (Phi) is 4.62. The third-order valence-electron chi connectivity index (χ3n) is 3.92. The lowest BCUT2D eigenvalue weighted by Gasteiger charge is -2.23. The maximum absolute atomic E-state index is 13.0. The molecule has 1 fully saturated rings. The number of sulfonamides is 1. The summed E-state index contributed by atoms with van der Waals surface area (Å²) >= 11 is 1.55. The van der Waals surface area contributed by atoms with Gasteiger partial charge in [-0.05, 0) is 18.6 Å². The number of benzene rings is 2. The maximum atomic E-state index is 13.0. The molecule has 0 N–H and O–H groups in total.